The Morgan fingerprint density at radius 1 is 0.656 bits per heavy atom. The minimum absolute atomic E-state index is 0.0666. The summed E-state index contributed by atoms with van der Waals surface area (Å²) in [4.78, 5) is 2.23. The fraction of sp³-hybridized carbons (Fsp3) is 0.778. The van der Waals surface area contributed by atoms with E-state index in [9.17, 15) is 8.42 Å². The van der Waals surface area contributed by atoms with Crippen LogP contribution in [0.25, 0.3) is 0 Å². The molecule has 0 radical (unpaired) electrons. The topological polar surface area (TPSA) is 57.6 Å². The molecule has 0 atom stereocenters. The Kier molecular flexibility index (Phi) is 20.1. The molecule has 0 saturated heterocycles. The first-order valence-electron chi connectivity index (χ1n) is 13.0. The van der Waals surface area contributed by atoms with Crippen molar-refractivity contribution in [1.29, 1.82) is 0 Å². The standard InChI is InChI=1S/C20H43N.C7H8O3S/c1-4-5-6-7-8-9-10-11-12-13-14-15-16-17-18-19-20-21(2)3;1-6-2-4-7(5-3-6)11(8,9)10/h4-20H2,1-3H3;2-5H,1H3,(H,8,9,10). The fourth-order valence-corrected chi connectivity index (χ4v) is 4.17. The summed E-state index contributed by atoms with van der Waals surface area (Å²) >= 11 is 0. The minimum atomic E-state index is -4.02. The van der Waals surface area contributed by atoms with E-state index >= 15 is 0 Å². The Hall–Kier alpha value is -0.910. The van der Waals surface area contributed by atoms with E-state index in [1.54, 1.807) is 12.1 Å². The van der Waals surface area contributed by atoms with Gasteiger partial charge in [0.1, 0.15) is 0 Å². The van der Waals surface area contributed by atoms with Crippen molar-refractivity contribution in [3.8, 4) is 0 Å². The maximum absolute atomic E-state index is 10.5. The van der Waals surface area contributed by atoms with Gasteiger partial charge in [0.25, 0.3) is 10.1 Å². The summed E-state index contributed by atoms with van der Waals surface area (Å²) in [5.41, 5.74) is 0.956. The number of rotatable bonds is 18. The fourth-order valence-electron chi connectivity index (χ4n) is 3.69. The van der Waals surface area contributed by atoms with E-state index in [-0.39, 0.29) is 4.90 Å². The highest BCUT2D eigenvalue weighted by molar-refractivity contribution is 7.85. The lowest BCUT2D eigenvalue weighted by atomic mass is 10.0. The maximum atomic E-state index is 10.5. The Balaban J connectivity index is 0.000000726. The molecule has 0 bridgehead atoms. The molecular formula is C27H51NO3S. The van der Waals surface area contributed by atoms with Gasteiger partial charge in [-0.1, -0.05) is 121 Å². The average molecular weight is 470 g/mol. The van der Waals surface area contributed by atoms with Crippen LogP contribution in [0.15, 0.2) is 29.2 Å². The lowest BCUT2D eigenvalue weighted by molar-refractivity contribution is 0.389. The van der Waals surface area contributed by atoms with Crippen LogP contribution in [0.4, 0.5) is 0 Å². The molecule has 0 spiro atoms. The zero-order valence-corrected chi connectivity index (χ0v) is 22.3. The molecule has 0 unspecified atom stereocenters. The quantitative estimate of drug-likeness (QED) is 0.174. The molecule has 0 aromatic heterocycles. The van der Waals surface area contributed by atoms with Crippen LogP contribution in [0.5, 0.6) is 0 Å². The van der Waals surface area contributed by atoms with Crippen molar-refractivity contribution in [3.63, 3.8) is 0 Å². The van der Waals surface area contributed by atoms with Crippen LogP contribution in [-0.4, -0.2) is 38.5 Å². The van der Waals surface area contributed by atoms with Crippen LogP contribution in [0.1, 0.15) is 115 Å². The summed E-state index contributed by atoms with van der Waals surface area (Å²) in [6.45, 7) is 5.40. The molecule has 1 N–H and O–H groups in total. The van der Waals surface area contributed by atoms with Crippen LogP contribution in [-0.2, 0) is 10.1 Å². The highest BCUT2D eigenvalue weighted by atomic mass is 32.2. The van der Waals surface area contributed by atoms with E-state index in [0.717, 1.165) is 5.56 Å². The van der Waals surface area contributed by atoms with Crippen molar-refractivity contribution in [2.24, 2.45) is 0 Å². The first-order valence-corrected chi connectivity index (χ1v) is 14.4. The third kappa shape index (κ3) is 21.0. The van der Waals surface area contributed by atoms with Gasteiger partial charge in [-0.15, -0.1) is 0 Å². The molecule has 1 aromatic rings. The molecule has 1 rings (SSSR count). The van der Waals surface area contributed by atoms with Gasteiger partial charge in [0, 0.05) is 0 Å². The van der Waals surface area contributed by atoms with Gasteiger partial charge in [-0.2, -0.15) is 8.42 Å². The number of aryl methyl sites for hydroxylation is 1. The van der Waals surface area contributed by atoms with Crippen LogP contribution in [0.2, 0.25) is 0 Å². The van der Waals surface area contributed by atoms with Gasteiger partial charge in [-0.25, -0.2) is 0 Å². The molecule has 0 aliphatic carbocycles. The Bertz CT molecular complexity index is 627. The second kappa shape index (κ2) is 20.7. The molecule has 0 heterocycles. The molecule has 0 amide bonds. The zero-order valence-electron chi connectivity index (χ0n) is 21.4. The number of unbranched alkanes of at least 4 members (excludes halogenated alkanes) is 15. The van der Waals surface area contributed by atoms with E-state index in [4.69, 9.17) is 4.55 Å². The molecule has 0 fully saturated rings. The van der Waals surface area contributed by atoms with Crippen LogP contribution < -0.4 is 0 Å². The third-order valence-electron chi connectivity index (χ3n) is 5.78. The van der Waals surface area contributed by atoms with Gasteiger partial charge < -0.3 is 4.90 Å². The van der Waals surface area contributed by atoms with Gasteiger partial charge in [-0.3, -0.25) is 4.55 Å². The largest absolute Gasteiger partial charge is 0.309 e. The average Bonchev–Trinajstić information content (AvgIpc) is 2.73. The smallest absolute Gasteiger partial charge is 0.294 e. The number of benzene rings is 1. The molecule has 4 nitrogen and oxygen atoms in total. The Morgan fingerprint density at radius 3 is 1.31 bits per heavy atom. The molecule has 0 aliphatic rings. The van der Waals surface area contributed by atoms with Crippen molar-refractivity contribution < 1.29 is 13.0 Å². The minimum Gasteiger partial charge on any atom is -0.309 e. The van der Waals surface area contributed by atoms with E-state index in [2.05, 4.69) is 25.9 Å². The lowest BCUT2D eigenvalue weighted by Crippen LogP contribution is -2.12. The van der Waals surface area contributed by atoms with Crippen LogP contribution >= 0.6 is 0 Å². The maximum Gasteiger partial charge on any atom is 0.294 e. The first-order chi connectivity index (χ1) is 15.3. The normalized spacial score (nSPS) is 11.4. The predicted octanol–water partition coefficient (Wildman–Crippen LogP) is 8.05. The van der Waals surface area contributed by atoms with Crippen molar-refractivity contribution in [3.05, 3.63) is 29.8 Å². The highest BCUT2D eigenvalue weighted by Gasteiger charge is 2.06. The summed E-state index contributed by atoms with van der Waals surface area (Å²) in [6, 6.07) is 5.99. The lowest BCUT2D eigenvalue weighted by Gasteiger charge is -2.08. The van der Waals surface area contributed by atoms with Gasteiger partial charge in [-0.05, 0) is 46.1 Å². The monoisotopic (exact) mass is 469 g/mol. The van der Waals surface area contributed by atoms with Crippen molar-refractivity contribution in [1.82, 2.24) is 4.90 Å². The molecule has 0 saturated carbocycles. The van der Waals surface area contributed by atoms with Crippen molar-refractivity contribution >= 4 is 10.1 Å². The second-order valence-corrected chi connectivity index (χ2v) is 10.8. The molecule has 32 heavy (non-hydrogen) atoms. The third-order valence-corrected chi connectivity index (χ3v) is 6.65. The summed E-state index contributed by atoms with van der Waals surface area (Å²) in [5.74, 6) is 0. The van der Waals surface area contributed by atoms with E-state index in [1.165, 1.54) is 121 Å². The number of nitrogens with zero attached hydrogens (tertiary/aromatic N) is 1. The van der Waals surface area contributed by atoms with Crippen molar-refractivity contribution in [2.45, 2.75) is 121 Å². The molecular weight excluding hydrogens is 418 g/mol. The van der Waals surface area contributed by atoms with E-state index in [0.29, 0.717) is 0 Å². The van der Waals surface area contributed by atoms with Gasteiger partial charge in [0.2, 0.25) is 0 Å². The van der Waals surface area contributed by atoms with E-state index < -0.39 is 10.1 Å². The SMILES string of the molecule is CCCCCCCCCCCCCCCCCCN(C)C.Cc1ccc(S(=O)(=O)O)cc1. The Labute approximate surface area is 199 Å². The zero-order chi connectivity index (χ0) is 24.1. The molecule has 0 aliphatic heterocycles. The van der Waals surface area contributed by atoms with Gasteiger partial charge >= 0.3 is 0 Å². The van der Waals surface area contributed by atoms with Gasteiger partial charge in [0.05, 0.1) is 4.90 Å². The van der Waals surface area contributed by atoms with Crippen molar-refractivity contribution in [2.75, 3.05) is 20.6 Å². The summed E-state index contributed by atoms with van der Waals surface area (Å²) in [6.07, 6.45) is 23.3. The van der Waals surface area contributed by atoms with Crippen LogP contribution in [0, 0.1) is 6.92 Å². The summed E-state index contributed by atoms with van der Waals surface area (Å²) in [7, 11) is 0.324. The Morgan fingerprint density at radius 2 is 1.00 bits per heavy atom. The first kappa shape index (κ1) is 31.1. The number of hydrogen-bond donors (Lipinski definition) is 1. The van der Waals surface area contributed by atoms with Gasteiger partial charge in [0.15, 0.2) is 0 Å². The molecule has 188 valence electrons. The van der Waals surface area contributed by atoms with E-state index in [1.807, 2.05) is 6.92 Å². The number of hydrogen-bond acceptors (Lipinski definition) is 3. The second-order valence-electron chi connectivity index (χ2n) is 9.39. The summed E-state index contributed by atoms with van der Waals surface area (Å²) in [5, 5.41) is 0. The predicted molar refractivity (Wildman–Crippen MR) is 139 cm³/mol. The highest BCUT2D eigenvalue weighted by Crippen LogP contribution is 2.13. The van der Waals surface area contributed by atoms with Crippen LogP contribution in [0.3, 0.4) is 0 Å². The molecule has 1 aromatic carbocycles. The summed E-state index contributed by atoms with van der Waals surface area (Å²) < 4.78 is 29.6. The molecule has 5 heteroatoms.